The summed E-state index contributed by atoms with van der Waals surface area (Å²) in [6.07, 6.45) is 1.70. The second kappa shape index (κ2) is 5.09. The Labute approximate surface area is 121 Å². The third kappa shape index (κ3) is 2.32. The maximum atomic E-state index is 5.95. The van der Waals surface area contributed by atoms with Crippen LogP contribution in [0.3, 0.4) is 0 Å². The quantitative estimate of drug-likeness (QED) is 0.752. The molecule has 0 aliphatic heterocycles. The summed E-state index contributed by atoms with van der Waals surface area (Å²) in [4.78, 5) is 12.6. The van der Waals surface area contributed by atoms with Crippen LogP contribution in [-0.2, 0) is 7.05 Å². The van der Waals surface area contributed by atoms with Crippen molar-refractivity contribution in [1.29, 1.82) is 0 Å². The summed E-state index contributed by atoms with van der Waals surface area (Å²) >= 11 is 5.95. The number of halogens is 1. The number of nitrogens with zero attached hydrogens (tertiary/aromatic N) is 4. The van der Waals surface area contributed by atoms with Gasteiger partial charge in [0.15, 0.2) is 11.5 Å². The Morgan fingerprint density at radius 3 is 2.70 bits per heavy atom. The number of anilines is 1. The Morgan fingerprint density at radius 2 is 1.95 bits per heavy atom. The zero-order valence-corrected chi connectivity index (χ0v) is 12.0. The summed E-state index contributed by atoms with van der Waals surface area (Å²) in [6, 6.07) is 10.3. The molecular formula is C14H14ClN5. The first-order chi connectivity index (χ1) is 9.65. The second-order valence-corrected chi connectivity index (χ2v) is 4.98. The van der Waals surface area contributed by atoms with Gasteiger partial charge in [-0.3, -0.25) is 0 Å². The molecule has 1 N–H and O–H groups in total. The summed E-state index contributed by atoms with van der Waals surface area (Å²) in [5.41, 5.74) is 2.62. The highest BCUT2D eigenvalue weighted by Gasteiger charge is 2.14. The molecule has 6 heteroatoms. The van der Waals surface area contributed by atoms with Gasteiger partial charge in [0.25, 0.3) is 0 Å². The summed E-state index contributed by atoms with van der Waals surface area (Å²) in [5, 5.41) is 3.57. The Bertz CT molecular complexity index is 738. The first kappa shape index (κ1) is 12.9. The molecule has 2 aromatic heterocycles. The minimum atomic E-state index is 0.111. The standard InChI is InChI=1S/C14H14ClN5/c1-9(10-6-4-3-5-7-10)17-13-11-12(16-8-20(11)2)18-14(15)19-13/h3-9H,1-2H3,(H,17,18,19). The lowest BCUT2D eigenvalue weighted by atomic mass is 10.1. The second-order valence-electron chi connectivity index (χ2n) is 4.65. The van der Waals surface area contributed by atoms with Crippen molar-refractivity contribution in [3.05, 3.63) is 47.5 Å². The Balaban J connectivity index is 2.00. The predicted octanol–water partition coefficient (Wildman–Crippen LogP) is 3.19. The molecule has 0 fully saturated rings. The SMILES string of the molecule is CC(Nc1nc(Cl)nc2ncn(C)c12)c1ccccc1. The van der Waals surface area contributed by atoms with E-state index in [0.717, 1.165) is 5.52 Å². The average Bonchev–Trinajstić information content (AvgIpc) is 2.81. The minimum absolute atomic E-state index is 0.111. The molecule has 2 heterocycles. The Morgan fingerprint density at radius 1 is 1.20 bits per heavy atom. The molecular weight excluding hydrogens is 274 g/mol. The predicted molar refractivity (Wildman–Crippen MR) is 79.8 cm³/mol. The first-order valence-electron chi connectivity index (χ1n) is 6.31. The van der Waals surface area contributed by atoms with E-state index < -0.39 is 0 Å². The molecule has 1 atom stereocenters. The van der Waals surface area contributed by atoms with E-state index in [-0.39, 0.29) is 11.3 Å². The van der Waals surface area contributed by atoms with Crippen LogP contribution in [0.25, 0.3) is 11.2 Å². The molecule has 0 saturated heterocycles. The molecule has 3 rings (SSSR count). The molecule has 0 aliphatic rings. The summed E-state index contributed by atoms with van der Waals surface area (Å²) in [5.74, 6) is 0.691. The summed E-state index contributed by atoms with van der Waals surface area (Å²) in [6.45, 7) is 2.08. The number of benzene rings is 1. The van der Waals surface area contributed by atoms with Crippen LogP contribution in [0.15, 0.2) is 36.7 Å². The van der Waals surface area contributed by atoms with Gasteiger partial charge in [0.2, 0.25) is 5.28 Å². The molecule has 102 valence electrons. The number of aromatic nitrogens is 4. The van der Waals surface area contributed by atoms with Gasteiger partial charge in [-0.05, 0) is 24.1 Å². The molecule has 3 aromatic rings. The van der Waals surface area contributed by atoms with Crippen molar-refractivity contribution in [3.8, 4) is 0 Å². The molecule has 5 nitrogen and oxygen atoms in total. The molecule has 1 aromatic carbocycles. The molecule has 0 radical (unpaired) electrons. The van der Waals surface area contributed by atoms with Crippen molar-refractivity contribution in [1.82, 2.24) is 19.5 Å². The van der Waals surface area contributed by atoms with Gasteiger partial charge in [0.05, 0.1) is 12.4 Å². The average molecular weight is 288 g/mol. The van der Waals surface area contributed by atoms with Crippen LogP contribution >= 0.6 is 11.6 Å². The first-order valence-corrected chi connectivity index (χ1v) is 6.69. The number of hydrogen-bond acceptors (Lipinski definition) is 4. The number of hydrogen-bond donors (Lipinski definition) is 1. The molecule has 20 heavy (non-hydrogen) atoms. The Kier molecular flexibility index (Phi) is 3.28. The number of rotatable bonds is 3. The van der Waals surface area contributed by atoms with Crippen LogP contribution in [0, 0.1) is 0 Å². The van der Waals surface area contributed by atoms with Crippen LogP contribution in [-0.4, -0.2) is 19.5 Å². The van der Waals surface area contributed by atoms with E-state index in [1.54, 1.807) is 6.33 Å². The van der Waals surface area contributed by atoms with Crippen LogP contribution in [0.1, 0.15) is 18.5 Å². The van der Waals surface area contributed by atoms with Crippen molar-refractivity contribution in [2.75, 3.05) is 5.32 Å². The van der Waals surface area contributed by atoms with Gasteiger partial charge >= 0.3 is 0 Å². The number of imidazole rings is 1. The van der Waals surface area contributed by atoms with Crippen molar-refractivity contribution < 1.29 is 0 Å². The molecule has 0 spiro atoms. The Hall–Kier alpha value is -2.14. The van der Waals surface area contributed by atoms with E-state index in [2.05, 4.69) is 39.3 Å². The van der Waals surface area contributed by atoms with Crippen molar-refractivity contribution >= 4 is 28.6 Å². The maximum absolute atomic E-state index is 5.95. The smallest absolute Gasteiger partial charge is 0.226 e. The van der Waals surface area contributed by atoms with E-state index in [0.29, 0.717) is 11.5 Å². The lowest BCUT2D eigenvalue weighted by molar-refractivity contribution is 0.869. The normalized spacial score (nSPS) is 12.6. The van der Waals surface area contributed by atoms with E-state index in [9.17, 15) is 0 Å². The van der Waals surface area contributed by atoms with Crippen LogP contribution in [0.5, 0.6) is 0 Å². The van der Waals surface area contributed by atoms with Crippen LogP contribution in [0.4, 0.5) is 5.82 Å². The summed E-state index contributed by atoms with van der Waals surface area (Å²) in [7, 11) is 1.91. The lowest BCUT2D eigenvalue weighted by Crippen LogP contribution is -2.09. The van der Waals surface area contributed by atoms with E-state index in [4.69, 9.17) is 11.6 Å². The zero-order chi connectivity index (χ0) is 14.1. The fourth-order valence-corrected chi connectivity index (χ4v) is 2.33. The van der Waals surface area contributed by atoms with E-state index >= 15 is 0 Å². The fourth-order valence-electron chi connectivity index (χ4n) is 2.16. The van der Waals surface area contributed by atoms with E-state index in [1.165, 1.54) is 5.56 Å². The highest BCUT2D eigenvalue weighted by molar-refractivity contribution is 6.28. The highest BCUT2D eigenvalue weighted by Crippen LogP contribution is 2.24. The van der Waals surface area contributed by atoms with Crippen molar-refractivity contribution in [2.24, 2.45) is 7.05 Å². The van der Waals surface area contributed by atoms with Crippen LogP contribution < -0.4 is 5.32 Å². The van der Waals surface area contributed by atoms with Gasteiger partial charge in [-0.1, -0.05) is 30.3 Å². The van der Waals surface area contributed by atoms with Gasteiger partial charge < -0.3 is 9.88 Å². The number of aryl methyl sites for hydroxylation is 1. The molecule has 0 saturated carbocycles. The minimum Gasteiger partial charge on any atom is -0.362 e. The fraction of sp³-hybridized carbons (Fsp3) is 0.214. The number of fused-ring (bicyclic) bond motifs is 1. The zero-order valence-electron chi connectivity index (χ0n) is 11.2. The molecule has 0 bridgehead atoms. The largest absolute Gasteiger partial charge is 0.362 e. The highest BCUT2D eigenvalue weighted by atomic mass is 35.5. The molecule has 0 amide bonds. The maximum Gasteiger partial charge on any atom is 0.226 e. The van der Waals surface area contributed by atoms with Gasteiger partial charge in [-0.15, -0.1) is 0 Å². The van der Waals surface area contributed by atoms with Gasteiger partial charge in [0.1, 0.15) is 5.52 Å². The molecule has 1 unspecified atom stereocenters. The summed E-state index contributed by atoms with van der Waals surface area (Å²) < 4.78 is 1.88. The lowest BCUT2D eigenvalue weighted by Gasteiger charge is -2.15. The van der Waals surface area contributed by atoms with Crippen molar-refractivity contribution in [2.45, 2.75) is 13.0 Å². The van der Waals surface area contributed by atoms with Crippen LogP contribution in [0.2, 0.25) is 5.28 Å². The monoisotopic (exact) mass is 287 g/mol. The van der Waals surface area contributed by atoms with E-state index in [1.807, 2.05) is 29.8 Å². The van der Waals surface area contributed by atoms with Gasteiger partial charge in [-0.2, -0.15) is 9.97 Å². The molecule has 0 aliphatic carbocycles. The third-order valence-corrected chi connectivity index (χ3v) is 3.37. The number of nitrogens with one attached hydrogen (secondary N) is 1. The van der Waals surface area contributed by atoms with Gasteiger partial charge in [0, 0.05) is 7.05 Å². The van der Waals surface area contributed by atoms with Gasteiger partial charge in [-0.25, -0.2) is 4.98 Å². The van der Waals surface area contributed by atoms with Crippen molar-refractivity contribution in [3.63, 3.8) is 0 Å². The third-order valence-electron chi connectivity index (χ3n) is 3.20. The topological polar surface area (TPSA) is 55.6 Å².